The quantitative estimate of drug-likeness (QED) is 0.567. The van der Waals surface area contributed by atoms with E-state index < -0.39 is 0 Å². The summed E-state index contributed by atoms with van der Waals surface area (Å²) < 4.78 is 5.78. The van der Waals surface area contributed by atoms with Gasteiger partial charge in [0.05, 0.1) is 12.1 Å². The van der Waals surface area contributed by atoms with Gasteiger partial charge in [0.25, 0.3) is 11.8 Å². The number of hydrogen-bond acceptors (Lipinski definition) is 5. The second-order valence-electron chi connectivity index (χ2n) is 12.3. The van der Waals surface area contributed by atoms with Gasteiger partial charge in [-0.25, -0.2) is 0 Å². The highest BCUT2D eigenvalue weighted by molar-refractivity contribution is 5.97. The SMILES string of the molecule is Cc1ccc2c(c1)C(=O)NCCN(C(=O)C1CCN(C(=O)c3ccc(C(C)(C)C)cc3)CC1)CCCC(=O)NCCO2. The molecule has 2 N–H and O–H groups in total. The number of piperidine rings is 1. The van der Waals surface area contributed by atoms with Gasteiger partial charge >= 0.3 is 0 Å². The Morgan fingerprint density at radius 2 is 1.60 bits per heavy atom. The van der Waals surface area contributed by atoms with Crippen LogP contribution in [0.5, 0.6) is 5.75 Å². The predicted octanol–water partition coefficient (Wildman–Crippen LogP) is 3.69. The van der Waals surface area contributed by atoms with E-state index in [4.69, 9.17) is 4.74 Å². The van der Waals surface area contributed by atoms with Gasteiger partial charge in [-0.3, -0.25) is 19.2 Å². The van der Waals surface area contributed by atoms with E-state index in [-0.39, 0.29) is 48.1 Å². The maximum absolute atomic E-state index is 13.6. The summed E-state index contributed by atoms with van der Waals surface area (Å²) in [6.07, 6.45) is 1.98. The molecule has 4 rings (SSSR count). The molecule has 42 heavy (non-hydrogen) atoms. The van der Waals surface area contributed by atoms with Crippen LogP contribution in [0.4, 0.5) is 0 Å². The lowest BCUT2D eigenvalue weighted by Crippen LogP contribution is -2.46. The largest absolute Gasteiger partial charge is 0.491 e. The van der Waals surface area contributed by atoms with Gasteiger partial charge in [0.2, 0.25) is 11.8 Å². The number of hydrogen-bond donors (Lipinski definition) is 2. The average Bonchev–Trinajstić information content (AvgIpc) is 2.98. The first-order chi connectivity index (χ1) is 20.0. The summed E-state index contributed by atoms with van der Waals surface area (Å²) in [5, 5.41) is 5.78. The van der Waals surface area contributed by atoms with Crippen LogP contribution < -0.4 is 15.4 Å². The molecule has 9 heteroatoms. The number of amides is 4. The Labute approximate surface area is 249 Å². The van der Waals surface area contributed by atoms with Gasteiger partial charge in [-0.05, 0) is 61.4 Å². The molecule has 4 amide bonds. The van der Waals surface area contributed by atoms with Gasteiger partial charge in [0.1, 0.15) is 12.4 Å². The molecule has 0 aromatic heterocycles. The van der Waals surface area contributed by atoms with Crippen molar-refractivity contribution in [2.75, 3.05) is 45.9 Å². The Morgan fingerprint density at radius 1 is 0.881 bits per heavy atom. The van der Waals surface area contributed by atoms with Crippen molar-refractivity contribution in [1.82, 2.24) is 20.4 Å². The third-order valence-corrected chi connectivity index (χ3v) is 8.00. The average molecular weight is 577 g/mol. The van der Waals surface area contributed by atoms with Crippen LogP contribution in [0, 0.1) is 12.8 Å². The number of fused-ring (bicyclic) bond motifs is 1. The van der Waals surface area contributed by atoms with Crippen molar-refractivity contribution in [3.8, 4) is 5.75 Å². The Bertz CT molecular complexity index is 1280. The van der Waals surface area contributed by atoms with E-state index in [0.717, 1.165) is 5.56 Å². The molecule has 1 fully saturated rings. The monoisotopic (exact) mass is 576 g/mol. The van der Waals surface area contributed by atoms with Crippen LogP contribution in [0.2, 0.25) is 0 Å². The molecule has 2 aromatic rings. The molecule has 1 saturated heterocycles. The fraction of sp³-hybridized carbons (Fsp3) is 0.515. The molecular weight excluding hydrogens is 532 g/mol. The van der Waals surface area contributed by atoms with E-state index in [1.54, 1.807) is 17.0 Å². The molecule has 2 heterocycles. The maximum atomic E-state index is 13.6. The van der Waals surface area contributed by atoms with Crippen molar-refractivity contribution in [3.05, 3.63) is 64.7 Å². The highest BCUT2D eigenvalue weighted by Crippen LogP contribution is 2.25. The second-order valence-corrected chi connectivity index (χ2v) is 12.3. The van der Waals surface area contributed by atoms with Crippen LogP contribution in [-0.2, 0) is 15.0 Å². The van der Waals surface area contributed by atoms with Crippen molar-refractivity contribution in [2.24, 2.45) is 5.92 Å². The number of aryl methyl sites for hydroxylation is 1. The first-order valence-electron chi connectivity index (χ1n) is 15.0. The number of ether oxygens (including phenoxy) is 1. The molecule has 0 saturated carbocycles. The minimum Gasteiger partial charge on any atom is -0.491 e. The number of nitrogens with one attached hydrogen (secondary N) is 2. The molecule has 0 unspecified atom stereocenters. The van der Waals surface area contributed by atoms with E-state index in [2.05, 4.69) is 31.4 Å². The smallest absolute Gasteiger partial charge is 0.255 e. The summed E-state index contributed by atoms with van der Waals surface area (Å²) in [5.74, 6) is -0.106. The fourth-order valence-electron chi connectivity index (χ4n) is 5.43. The molecule has 2 aromatic carbocycles. The van der Waals surface area contributed by atoms with Gasteiger partial charge in [-0.2, -0.15) is 0 Å². The molecule has 0 spiro atoms. The number of carbonyl (C=O) groups excluding carboxylic acids is 4. The normalized spacial score (nSPS) is 18.1. The van der Waals surface area contributed by atoms with Crippen LogP contribution in [0.3, 0.4) is 0 Å². The zero-order chi connectivity index (χ0) is 30.3. The zero-order valence-corrected chi connectivity index (χ0v) is 25.3. The molecule has 0 bridgehead atoms. The zero-order valence-electron chi connectivity index (χ0n) is 25.3. The van der Waals surface area contributed by atoms with Gasteiger partial charge in [-0.1, -0.05) is 44.5 Å². The van der Waals surface area contributed by atoms with E-state index in [0.29, 0.717) is 75.3 Å². The lowest BCUT2D eigenvalue weighted by Gasteiger charge is -2.34. The third-order valence-electron chi connectivity index (χ3n) is 8.00. The molecule has 226 valence electrons. The Balaban J connectivity index is 1.37. The van der Waals surface area contributed by atoms with Crippen LogP contribution in [0.25, 0.3) is 0 Å². The lowest BCUT2D eigenvalue weighted by atomic mass is 9.86. The molecule has 0 radical (unpaired) electrons. The van der Waals surface area contributed by atoms with Crippen molar-refractivity contribution in [1.29, 1.82) is 0 Å². The highest BCUT2D eigenvalue weighted by atomic mass is 16.5. The molecule has 0 aliphatic carbocycles. The van der Waals surface area contributed by atoms with Crippen molar-refractivity contribution < 1.29 is 23.9 Å². The number of rotatable bonds is 2. The molecular formula is C33H44N4O5. The number of nitrogens with zero attached hydrogens (tertiary/aromatic N) is 2. The standard InChI is InChI=1S/C33H44N4O5/c1-23-7-12-28-27(22-23)30(39)35-15-20-36(17-5-6-29(38)34-16-21-42-28)32(41)25-13-18-37(19-14-25)31(40)24-8-10-26(11-9-24)33(2,3)4/h7-12,22,25H,5-6,13-21H2,1-4H3,(H,34,38)(H,35,39). The third kappa shape index (κ3) is 8.11. The first-order valence-corrected chi connectivity index (χ1v) is 15.0. The summed E-state index contributed by atoms with van der Waals surface area (Å²) >= 11 is 0. The van der Waals surface area contributed by atoms with E-state index in [1.807, 2.05) is 42.2 Å². The minimum absolute atomic E-state index is 0.00943. The van der Waals surface area contributed by atoms with Crippen LogP contribution in [-0.4, -0.2) is 79.3 Å². The van der Waals surface area contributed by atoms with Crippen LogP contribution >= 0.6 is 0 Å². The van der Waals surface area contributed by atoms with E-state index in [9.17, 15) is 19.2 Å². The van der Waals surface area contributed by atoms with Gasteiger partial charge in [0.15, 0.2) is 0 Å². The summed E-state index contributed by atoms with van der Waals surface area (Å²) in [7, 11) is 0. The fourth-order valence-corrected chi connectivity index (χ4v) is 5.43. The molecule has 0 atom stereocenters. The number of carbonyl (C=O) groups is 4. The number of likely N-dealkylation sites (tertiary alicyclic amines) is 1. The highest BCUT2D eigenvalue weighted by Gasteiger charge is 2.31. The Kier molecular flexibility index (Phi) is 10.2. The van der Waals surface area contributed by atoms with Crippen LogP contribution in [0.15, 0.2) is 42.5 Å². The van der Waals surface area contributed by atoms with Crippen molar-refractivity contribution >= 4 is 23.6 Å². The summed E-state index contributed by atoms with van der Waals surface area (Å²) in [4.78, 5) is 55.7. The van der Waals surface area contributed by atoms with Crippen LogP contribution in [0.1, 0.15) is 78.3 Å². The molecule has 2 aliphatic heterocycles. The first kappa shape index (κ1) is 31.1. The van der Waals surface area contributed by atoms with Gasteiger partial charge in [0, 0.05) is 50.6 Å². The number of benzene rings is 2. The molecule has 9 nitrogen and oxygen atoms in total. The second kappa shape index (κ2) is 13.9. The minimum atomic E-state index is -0.262. The van der Waals surface area contributed by atoms with Crippen molar-refractivity contribution in [2.45, 2.75) is 58.8 Å². The van der Waals surface area contributed by atoms with Crippen molar-refractivity contribution in [3.63, 3.8) is 0 Å². The predicted molar refractivity (Wildman–Crippen MR) is 162 cm³/mol. The topological polar surface area (TPSA) is 108 Å². The summed E-state index contributed by atoms with van der Waals surface area (Å²) in [6, 6.07) is 13.2. The lowest BCUT2D eigenvalue weighted by molar-refractivity contribution is -0.137. The molecule has 2 aliphatic rings. The maximum Gasteiger partial charge on any atom is 0.255 e. The Hall–Kier alpha value is -3.88. The summed E-state index contributed by atoms with van der Waals surface area (Å²) in [6.45, 7) is 11.0. The van der Waals surface area contributed by atoms with E-state index in [1.165, 1.54) is 5.56 Å². The van der Waals surface area contributed by atoms with Gasteiger partial charge < -0.3 is 25.2 Å². The Morgan fingerprint density at radius 3 is 2.29 bits per heavy atom. The van der Waals surface area contributed by atoms with Gasteiger partial charge in [-0.15, -0.1) is 0 Å². The summed E-state index contributed by atoms with van der Waals surface area (Å²) in [5.41, 5.74) is 3.22. The van der Waals surface area contributed by atoms with E-state index >= 15 is 0 Å².